The number of aromatic nitrogens is 2. The monoisotopic (exact) mass is 379 g/mol. The van der Waals surface area contributed by atoms with Crippen LogP contribution in [0.4, 0.5) is 10.6 Å². The number of amides is 3. The van der Waals surface area contributed by atoms with Crippen LogP contribution in [-0.4, -0.2) is 57.7 Å². The van der Waals surface area contributed by atoms with E-state index < -0.39 is 0 Å². The van der Waals surface area contributed by atoms with Crippen LogP contribution in [0.5, 0.6) is 0 Å². The van der Waals surface area contributed by atoms with Crippen molar-refractivity contribution in [3.63, 3.8) is 0 Å². The second-order valence-corrected chi connectivity index (χ2v) is 6.59. The van der Waals surface area contributed by atoms with Crippen LogP contribution >= 0.6 is 0 Å². The molecule has 1 aliphatic heterocycles. The Labute approximate surface area is 162 Å². The molecule has 4 rings (SSSR count). The Morgan fingerprint density at radius 1 is 1.00 bits per heavy atom. The lowest BCUT2D eigenvalue weighted by Crippen LogP contribution is -2.51. The molecule has 0 atom stereocenters. The summed E-state index contributed by atoms with van der Waals surface area (Å²) in [6.45, 7) is 1.84. The fraction of sp³-hybridized carbons (Fsp3) is 0.250. The summed E-state index contributed by atoms with van der Waals surface area (Å²) in [5.74, 6) is 0.669. The lowest BCUT2D eigenvalue weighted by atomic mass is 10.1. The summed E-state index contributed by atoms with van der Waals surface area (Å²) in [6.07, 6.45) is 1.48. The van der Waals surface area contributed by atoms with Gasteiger partial charge in [-0.3, -0.25) is 14.8 Å². The first kappa shape index (κ1) is 17.8. The second kappa shape index (κ2) is 7.59. The first-order valence-corrected chi connectivity index (χ1v) is 9.10. The molecule has 0 aliphatic carbocycles. The van der Waals surface area contributed by atoms with E-state index in [0.717, 1.165) is 11.3 Å². The van der Waals surface area contributed by atoms with E-state index in [1.54, 1.807) is 26.6 Å². The smallest absolute Gasteiger partial charge is 0.323 e. The van der Waals surface area contributed by atoms with Crippen molar-refractivity contribution in [2.75, 3.05) is 31.5 Å². The molecule has 8 nitrogen and oxygen atoms in total. The number of anilines is 1. The van der Waals surface area contributed by atoms with Crippen molar-refractivity contribution >= 4 is 17.8 Å². The van der Waals surface area contributed by atoms with Crippen molar-refractivity contribution in [3.8, 4) is 11.3 Å². The minimum atomic E-state index is -0.220. The minimum absolute atomic E-state index is 0.151. The normalized spacial score (nSPS) is 14.2. The number of hydrogen-bond acceptors (Lipinski definition) is 4. The summed E-state index contributed by atoms with van der Waals surface area (Å²) < 4.78 is 6.90. The van der Waals surface area contributed by atoms with E-state index in [4.69, 9.17) is 4.42 Å². The van der Waals surface area contributed by atoms with Gasteiger partial charge in [0, 0.05) is 39.3 Å². The lowest BCUT2D eigenvalue weighted by molar-refractivity contribution is 0.0640. The number of furan rings is 1. The first-order chi connectivity index (χ1) is 13.6. The molecule has 3 amide bonds. The van der Waals surface area contributed by atoms with Crippen molar-refractivity contribution in [3.05, 3.63) is 60.6 Å². The molecule has 28 heavy (non-hydrogen) atoms. The summed E-state index contributed by atoms with van der Waals surface area (Å²) in [7, 11) is 1.84. The quantitative estimate of drug-likeness (QED) is 0.758. The molecule has 3 aromatic rings. The number of urea groups is 1. The molecule has 0 bridgehead atoms. The van der Waals surface area contributed by atoms with Gasteiger partial charge in [-0.15, -0.1) is 0 Å². The van der Waals surface area contributed by atoms with E-state index in [0.29, 0.717) is 37.8 Å². The van der Waals surface area contributed by atoms with E-state index in [-0.39, 0.29) is 11.9 Å². The van der Waals surface area contributed by atoms with Gasteiger partial charge in [0.15, 0.2) is 11.6 Å². The maximum Gasteiger partial charge on any atom is 0.323 e. The van der Waals surface area contributed by atoms with E-state index >= 15 is 0 Å². The third kappa shape index (κ3) is 3.62. The lowest BCUT2D eigenvalue weighted by Gasteiger charge is -2.34. The number of rotatable bonds is 3. The predicted octanol–water partition coefficient (Wildman–Crippen LogP) is 2.67. The molecule has 1 aliphatic rings. The summed E-state index contributed by atoms with van der Waals surface area (Å²) in [5.41, 5.74) is 1.95. The zero-order chi connectivity index (χ0) is 19.5. The number of aryl methyl sites for hydroxylation is 1. The zero-order valence-corrected chi connectivity index (χ0v) is 15.5. The maximum absolute atomic E-state index is 12.6. The minimum Gasteiger partial charge on any atom is -0.459 e. The van der Waals surface area contributed by atoms with Crippen LogP contribution in [0.1, 0.15) is 10.6 Å². The van der Waals surface area contributed by atoms with E-state index in [1.165, 1.54) is 6.26 Å². The largest absolute Gasteiger partial charge is 0.459 e. The molecule has 2 aromatic heterocycles. The molecule has 0 radical (unpaired) electrons. The van der Waals surface area contributed by atoms with Crippen LogP contribution in [0, 0.1) is 0 Å². The Kier molecular flexibility index (Phi) is 4.84. The molecule has 0 unspecified atom stereocenters. The Balaban J connectivity index is 1.36. The second-order valence-electron chi connectivity index (χ2n) is 6.59. The van der Waals surface area contributed by atoms with Crippen LogP contribution in [0.3, 0.4) is 0 Å². The number of hydrogen-bond donors (Lipinski definition) is 1. The van der Waals surface area contributed by atoms with Gasteiger partial charge in [-0.25, -0.2) is 4.79 Å². The molecule has 0 spiro atoms. The number of nitrogens with zero attached hydrogens (tertiary/aromatic N) is 4. The molecule has 0 saturated carbocycles. The van der Waals surface area contributed by atoms with Gasteiger partial charge in [-0.2, -0.15) is 5.10 Å². The van der Waals surface area contributed by atoms with Crippen molar-refractivity contribution in [2.45, 2.75) is 0 Å². The summed E-state index contributed by atoms with van der Waals surface area (Å²) in [4.78, 5) is 28.3. The van der Waals surface area contributed by atoms with E-state index in [9.17, 15) is 9.59 Å². The average molecular weight is 379 g/mol. The number of carbonyl (C=O) groups excluding carboxylic acids is 2. The van der Waals surface area contributed by atoms with Crippen LogP contribution in [0.25, 0.3) is 11.3 Å². The SMILES string of the molecule is Cn1nc(NC(=O)N2CCN(C(=O)c3ccco3)CC2)cc1-c1ccccc1. The number of nitrogens with one attached hydrogen (secondary N) is 1. The Morgan fingerprint density at radius 2 is 1.71 bits per heavy atom. The molecule has 3 heterocycles. The van der Waals surface area contributed by atoms with Crippen molar-refractivity contribution in [2.24, 2.45) is 7.05 Å². The summed E-state index contributed by atoms with van der Waals surface area (Å²) in [5, 5.41) is 7.23. The maximum atomic E-state index is 12.6. The van der Waals surface area contributed by atoms with Gasteiger partial charge in [-0.05, 0) is 17.7 Å². The van der Waals surface area contributed by atoms with Gasteiger partial charge in [0.2, 0.25) is 0 Å². The molecule has 1 N–H and O–H groups in total. The summed E-state index contributed by atoms with van der Waals surface area (Å²) in [6, 6.07) is 14.8. The summed E-state index contributed by atoms with van der Waals surface area (Å²) >= 11 is 0. The first-order valence-electron chi connectivity index (χ1n) is 9.10. The molecule has 1 saturated heterocycles. The topological polar surface area (TPSA) is 83.6 Å². The Bertz CT molecular complexity index is 957. The number of carbonyl (C=O) groups is 2. The van der Waals surface area contributed by atoms with Crippen LogP contribution in [0.15, 0.2) is 59.2 Å². The van der Waals surface area contributed by atoms with Crippen molar-refractivity contribution < 1.29 is 14.0 Å². The third-order valence-corrected chi connectivity index (χ3v) is 4.77. The molecule has 1 aromatic carbocycles. The highest BCUT2D eigenvalue weighted by molar-refractivity contribution is 5.92. The third-order valence-electron chi connectivity index (χ3n) is 4.77. The fourth-order valence-corrected chi connectivity index (χ4v) is 3.26. The Morgan fingerprint density at radius 3 is 2.39 bits per heavy atom. The van der Waals surface area contributed by atoms with Crippen LogP contribution in [-0.2, 0) is 7.05 Å². The molecule has 144 valence electrons. The van der Waals surface area contributed by atoms with Gasteiger partial charge in [0.05, 0.1) is 12.0 Å². The highest BCUT2D eigenvalue weighted by Crippen LogP contribution is 2.22. The van der Waals surface area contributed by atoms with Gasteiger partial charge in [-0.1, -0.05) is 30.3 Å². The van der Waals surface area contributed by atoms with Gasteiger partial charge in [0.25, 0.3) is 5.91 Å². The van der Waals surface area contributed by atoms with E-state index in [1.807, 2.05) is 43.4 Å². The van der Waals surface area contributed by atoms with Crippen molar-refractivity contribution in [1.29, 1.82) is 0 Å². The molecule has 8 heteroatoms. The average Bonchev–Trinajstić information content (AvgIpc) is 3.38. The zero-order valence-electron chi connectivity index (χ0n) is 15.5. The van der Waals surface area contributed by atoms with Gasteiger partial charge in [0.1, 0.15) is 0 Å². The van der Waals surface area contributed by atoms with Gasteiger partial charge < -0.3 is 14.2 Å². The predicted molar refractivity (Wildman–Crippen MR) is 104 cm³/mol. The standard InChI is InChI=1S/C20H21N5O3/c1-23-16(15-6-3-2-4-7-15)14-18(22-23)21-20(27)25-11-9-24(10-12-25)19(26)17-8-5-13-28-17/h2-8,13-14H,9-12H2,1H3,(H,21,22,27). The van der Waals surface area contributed by atoms with Crippen LogP contribution < -0.4 is 5.32 Å². The highest BCUT2D eigenvalue weighted by atomic mass is 16.3. The number of piperazine rings is 1. The molecular weight excluding hydrogens is 358 g/mol. The number of benzene rings is 1. The van der Waals surface area contributed by atoms with Crippen LogP contribution in [0.2, 0.25) is 0 Å². The Hall–Kier alpha value is -3.55. The van der Waals surface area contributed by atoms with E-state index in [2.05, 4.69) is 10.4 Å². The molecule has 1 fully saturated rings. The van der Waals surface area contributed by atoms with Crippen molar-refractivity contribution in [1.82, 2.24) is 19.6 Å². The highest BCUT2D eigenvalue weighted by Gasteiger charge is 2.26. The van der Waals surface area contributed by atoms with Gasteiger partial charge >= 0.3 is 6.03 Å². The fourth-order valence-electron chi connectivity index (χ4n) is 3.26. The molecular formula is C20H21N5O3.